The Balaban J connectivity index is 2.14. The number of nitrogens with zero attached hydrogens (tertiary/aromatic N) is 1. The van der Waals surface area contributed by atoms with E-state index < -0.39 is 17.7 Å². The van der Waals surface area contributed by atoms with E-state index in [0.29, 0.717) is 5.13 Å². The van der Waals surface area contributed by atoms with E-state index in [9.17, 15) is 18.0 Å². The molecule has 0 saturated heterocycles. The van der Waals surface area contributed by atoms with Gasteiger partial charge >= 0.3 is 12.1 Å². The zero-order valence-electron chi connectivity index (χ0n) is 10.9. The normalized spacial score (nSPS) is 11.2. The fourth-order valence-electron chi connectivity index (χ4n) is 1.53. The Bertz CT molecular complexity index is 640. The average Bonchev–Trinajstić information content (AvgIpc) is 2.87. The van der Waals surface area contributed by atoms with Crippen LogP contribution in [0.15, 0.2) is 29.6 Å². The summed E-state index contributed by atoms with van der Waals surface area (Å²) in [7, 11) is 0. The number of benzene rings is 1. The highest BCUT2D eigenvalue weighted by Crippen LogP contribution is 2.31. The van der Waals surface area contributed by atoms with Gasteiger partial charge in [0.05, 0.1) is 12.2 Å². The summed E-state index contributed by atoms with van der Waals surface area (Å²) in [5.41, 5.74) is -0.388. The summed E-state index contributed by atoms with van der Waals surface area (Å²) in [6, 6.07) is 4.74. The molecule has 4 nitrogen and oxygen atoms in total. The maximum absolute atomic E-state index is 12.6. The lowest BCUT2D eigenvalue weighted by Gasteiger charge is -2.08. The number of alkyl halides is 3. The summed E-state index contributed by atoms with van der Waals surface area (Å²) in [6.07, 6.45) is -4.41. The molecule has 8 heteroatoms. The highest BCUT2D eigenvalue weighted by molar-refractivity contribution is 7.14. The summed E-state index contributed by atoms with van der Waals surface area (Å²) in [5.74, 6) is -0.564. The Morgan fingerprint density at radius 1 is 1.43 bits per heavy atom. The summed E-state index contributed by atoms with van der Waals surface area (Å²) in [4.78, 5) is 15.4. The van der Waals surface area contributed by atoms with Crippen molar-refractivity contribution in [3.63, 3.8) is 0 Å². The molecule has 112 valence electrons. The quantitative estimate of drug-likeness (QED) is 0.864. The van der Waals surface area contributed by atoms with E-state index in [2.05, 4.69) is 10.3 Å². The van der Waals surface area contributed by atoms with Crippen LogP contribution in [0.1, 0.15) is 23.0 Å². The molecule has 0 amide bonds. The molecule has 21 heavy (non-hydrogen) atoms. The molecular formula is C13H11F3N2O2S. The lowest BCUT2D eigenvalue weighted by atomic mass is 10.2. The lowest BCUT2D eigenvalue weighted by molar-refractivity contribution is -0.137. The van der Waals surface area contributed by atoms with Crippen molar-refractivity contribution in [2.24, 2.45) is 0 Å². The molecular weight excluding hydrogens is 305 g/mol. The molecule has 0 saturated carbocycles. The van der Waals surface area contributed by atoms with Crippen LogP contribution < -0.4 is 5.32 Å². The van der Waals surface area contributed by atoms with E-state index in [0.717, 1.165) is 23.5 Å². The number of halogens is 3. The largest absolute Gasteiger partial charge is 0.461 e. The fraction of sp³-hybridized carbons (Fsp3) is 0.231. The summed E-state index contributed by atoms with van der Waals surface area (Å²) >= 11 is 1.11. The number of hydrogen-bond acceptors (Lipinski definition) is 5. The molecule has 0 spiro atoms. The van der Waals surface area contributed by atoms with Gasteiger partial charge in [-0.15, -0.1) is 11.3 Å². The van der Waals surface area contributed by atoms with E-state index in [1.54, 1.807) is 6.92 Å². The maximum atomic E-state index is 12.6. The molecule has 0 aliphatic carbocycles. The molecule has 0 bridgehead atoms. The van der Waals surface area contributed by atoms with Gasteiger partial charge in [0.25, 0.3) is 0 Å². The third-order valence-corrected chi connectivity index (χ3v) is 3.19. The topological polar surface area (TPSA) is 51.2 Å². The minimum atomic E-state index is -4.41. The van der Waals surface area contributed by atoms with Crippen molar-refractivity contribution in [3.8, 4) is 0 Å². The molecule has 1 aromatic heterocycles. The predicted octanol–water partition coefficient (Wildman–Crippen LogP) is 4.08. The van der Waals surface area contributed by atoms with Crippen LogP contribution in [-0.4, -0.2) is 17.6 Å². The van der Waals surface area contributed by atoms with E-state index in [-0.39, 0.29) is 18.0 Å². The zero-order valence-corrected chi connectivity index (χ0v) is 11.7. The van der Waals surface area contributed by atoms with Crippen molar-refractivity contribution in [1.82, 2.24) is 4.98 Å². The van der Waals surface area contributed by atoms with Gasteiger partial charge in [-0.3, -0.25) is 0 Å². The first kappa shape index (κ1) is 15.3. The zero-order chi connectivity index (χ0) is 15.5. The number of thiazole rings is 1. The number of carbonyl (C=O) groups is 1. The van der Waals surface area contributed by atoms with E-state index >= 15 is 0 Å². The molecule has 2 aromatic rings. The Labute approximate surface area is 122 Å². The monoisotopic (exact) mass is 316 g/mol. The third kappa shape index (κ3) is 3.94. The third-order valence-electron chi connectivity index (χ3n) is 2.43. The van der Waals surface area contributed by atoms with Gasteiger partial charge in [-0.1, -0.05) is 6.07 Å². The SMILES string of the molecule is CCOC(=O)c1csc(Nc2cccc(C(F)(F)F)c2)n1. The minimum Gasteiger partial charge on any atom is -0.461 e. The Morgan fingerprint density at radius 2 is 2.19 bits per heavy atom. The van der Waals surface area contributed by atoms with Crippen molar-refractivity contribution in [2.45, 2.75) is 13.1 Å². The molecule has 1 N–H and O–H groups in total. The van der Waals surface area contributed by atoms with Crippen LogP contribution in [0, 0.1) is 0 Å². The van der Waals surface area contributed by atoms with Crippen LogP contribution in [0.4, 0.5) is 24.0 Å². The molecule has 0 atom stereocenters. The number of ether oxygens (including phenoxy) is 1. The molecule has 1 heterocycles. The fourth-order valence-corrected chi connectivity index (χ4v) is 2.23. The van der Waals surface area contributed by atoms with Crippen LogP contribution in [0.3, 0.4) is 0 Å². The summed E-state index contributed by atoms with van der Waals surface area (Å²) in [5, 5.41) is 4.53. The van der Waals surface area contributed by atoms with Gasteiger partial charge in [0.15, 0.2) is 10.8 Å². The van der Waals surface area contributed by atoms with Crippen LogP contribution in [-0.2, 0) is 10.9 Å². The molecule has 0 radical (unpaired) electrons. The average molecular weight is 316 g/mol. The number of aromatic nitrogens is 1. The van der Waals surface area contributed by atoms with Crippen molar-refractivity contribution in [2.75, 3.05) is 11.9 Å². The van der Waals surface area contributed by atoms with Crippen LogP contribution >= 0.6 is 11.3 Å². The molecule has 0 fully saturated rings. The molecule has 1 aromatic carbocycles. The Morgan fingerprint density at radius 3 is 2.86 bits per heavy atom. The number of hydrogen-bond donors (Lipinski definition) is 1. The van der Waals surface area contributed by atoms with E-state index in [4.69, 9.17) is 4.74 Å². The van der Waals surface area contributed by atoms with Crippen LogP contribution in [0.25, 0.3) is 0 Å². The summed E-state index contributed by atoms with van der Waals surface area (Å²) in [6.45, 7) is 1.90. The van der Waals surface area contributed by atoms with Crippen LogP contribution in [0.5, 0.6) is 0 Å². The first-order chi connectivity index (χ1) is 9.90. The number of carbonyl (C=O) groups excluding carboxylic acids is 1. The molecule has 0 aliphatic rings. The molecule has 0 unspecified atom stereocenters. The minimum absolute atomic E-state index is 0.122. The number of rotatable bonds is 4. The first-order valence-corrected chi connectivity index (χ1v) is 6.85. The lowest BCUT2D eigenvalue weighted by Crippen LogP contribution is -2.06. The smallest absolute Gasteiger partial charge is 0.416 e. The van der Waals surface area contributed by atoms with E-state index in [1.165, 1.54) is 17.5 Å². The molecule has 2 rings (SSSR count). The van der Waals surface area contributed by atoms with Gasteiger partial charge in [0.2, 0.25) is 0 Å². The molecule has 0 aliphatic heterocycles. The van der Waals surface area contributed by atoms with Crippen molar-refractivity contribution in [3.05, 3.63) is 40.9 Å². The van der Waals surface area contributed by atoms with Crippen molar-refractivity contribution < 1.29 is 22.7 Å². The second kappa shape index (κ2) is 6.13. The standard InChI is InChI=1S/C13H11F3N2O2S/c1-2-20-11(19)10-7-21-12(18-10)17-9-5-3-4-8(6-9)13(14,15)16/h3-7H,2H2,1H3,(H,17,18). The van der Waals surface area contributed by atoms with E-state index in [1.807, 2.05) is 0 Å². The van der Waals surface area contributed by atoms with Crippen molar-refractivity contribution in [1.29, 1.82) is 0 Å². The van der Waals surface area contributed by atoms with Gasteiger partial charge in [-0.2, -0.15) is 13.2 Å². The van der Waals surface area contributed by atoms with Gasteiger partial charge in [0, 0.05) is 11.1 Å². The van der Waals surface area contributed by atoms with Gasteiger partial charge < -0.3 is 10.1 Å². The van der Waals surface area contributed by atoms with Gasteiger partial charge in [0.1, 0.15) is 0 Å². The first-order valence-electron chi connectivity index (χ1n) is 5.97. The Kier molecular flexibility index (Phi) is 4.46. The number of nitrogens with one attached hydrogen (secondary N) is 1. The van der Waals surface area contributed by atoms with Gasteiger partial charge in [-0.25, -0.2) is 9.78 Å². The second-order valence-corrected chi connectivity index (χ2v) is 4.82. The highest BCUT2D eigenvalue weighted by Gasteiger charge is 2.30. The second-order valence-electron chi connectivity index (χ2n) is 3.96. The summed E-state index contributed by atoms with van der Waals surface area (Å²) < 4.78 is 42.6. The predicted molar refractivity (Wildman–Crippen MR) is 72.8 cm³/mol. The van der Waals surface area contributed by atoms with Crippen LogP contribution in [0.2, 0.25) is 0 Å². The Hall–Kier alpha value is -2.09. The maximum Gasteiger partial charge on any atom is 0.416 e. The number of anilines is 2. The van der Waals surface area contributed by atoms with Gasteiger partial charge in [-0.05, 0) is 25.1 Å². The highest BCUT2D eigenvalue weighted by atomic mass is 32.1. The number of esters is 1. The van der Waals surface area contributed by atoms with Crippen molar-refractivity contribution >= 4 is 28.1 Å².